The van der Waals surface area contributed by atoms with Gasteiger partial charge in [0, 0.05) is 42.4 Å². The first-order valence-electron chi connectivity index (χ1n) is 11.4. The van der Waals surface area contributed by atoms with E-state index in [0.717, 1.165) is 5.56 Å². The summed E-state index contributed by atoms with van der Waals surface area (Å²) in [5, 5.41) is 13.2. The van der Waals surface area contributed by atoms with Crippen LogP contribution in [-0.4, -0.2) is 43.8 Å². The summed E-state index contributed by atoms with van der Waals surface area (Å²) in [4.78, 5) is 45.3. The molecule has 11 heteroatoms. The number of fused-ring (bicyclic) bond motifs is 1. The van der Waals surface area contributed by atoms with Crippen LogP contribution in [0, 0.1) is 6.92 Å². The first-order chi connectivity index (χ1) is 17.9. The third-order valence-corrected chi connectivity index (χ3v) is 6.09. The van der Waals surface area contributed by atoms with Gasteiger partial charge in [0.25, 0.3) is 11.8 Å². The van der Waals surface area contributed by atoms with Crippen molar-refractivity contribution in [3.63, 3.8) is 0 Å². The highest BCUT2D eigenvalue weighted by Crippen LogP contribution is 2.28. The average molecular weight is 517 g/mol. The van der Waals surface area contributed by atoms with E-state index >= 15 is 0 Å². The van der Waals surface area contributed by atoms with E-state index in [-0.39, 0.29) is 30.8 Å². The third-order valence-electron chi connectivity index (χ3n) is 5.85. The van der Waals surface area contributed by atoms with Crippen molar-refractivity contribution >= 4 is 41.0 Å². The highest BCUT2D eigenvalue weighted by molar-refractivity contribution is 6.31. The van der Waals surface area contributed by atoms with Gasteiger partial charge >= 0.3 is 6.01 Å². The molecular weight excluding hydrogens is 496 g/mol. The second-order valence-electron chi connectivity index (χ2n) is 8.43. The number of hydrogen-bond acceptors (Lipinski definition) is 7. The van der Waals surface area contributed by atoms with E-state index in [9.17, 15) is 14.4 Å². The molecule has 0 spiro atoms. The van der Waals surface area contributed by atoms with Crippen LogP contribution in [-0.2, 0) is 17.8 Å². The van der Waals surface area contributed by atoms with Gasteiger partial charge in [-0.3, -0.25) is 24.7 Å². The SMILES string of the molecule is Cc1nnc(NC(=O)c2ccc(CN3C(=O)c4ccc(Cl)cc4NC(=O)[C@H]3Cc3ccccn3)cc2)o1. The van der Waals surface area contributed by atoms with Gasteiger partial charge in [-0.05, 0) is 48.0 Å². The Morgan fingerprint density at radius 3 is 2.62 bits per heavy atom. The molecule has 3 amide bonds. The molecule has 1 atom stereocenters. The van der Waals surface area contributed by atoms with Crippen LogP contribution in [0.5, 0.6) is 0 Å². The van der Waals surface area contributed by atoms with Crippen molar-refractivity contribution < 1.29 is 18.8 Å². The van der Waals surface area contributed by atoms with E-state index in [0.29, 0.717) is 33.4 Å². The summed E-state index contributed by atoms with van der Waals surface area (Å²) in [7, 11) is 0. The second kappa shape index (κ2) is 10.2. The number of pyridine rings is 1. The number of anilines is 2. The standard InChI is InChI=1S/C26H21ClN6O4/c1-15-31-32-26(37-15)30-23(34)17-7-5-16(6-8-17)14-33-22(13-19-4-2-3-11-28-19)24(35)29-21-12-18(27)9-10-20(21)25(33)36/h2-12,22H,13-14H2,1H3,(H,29,35)(H,30,32,34)/t22-/m1/s1. The first-order valence-corrected chi connectivity index (χ1v) is 11.8. The Bertz CT molecular complexity index is 1470. The Balaban J connectivity index is 1.42. The van der Waals surface area contributed by atoms with Crippen molar-refractivity contribution in [2.45, 2.75) is 25.9 Å². The number of aromatic nitrogens is 3. The van der Waals surface area contributed by atoms with Crippen molar-refractivity contribution in [2.24, 2.45) is 0 Å². The number of benzene rings is 2. The second-order valence-corrected chi connectivity index (χ2v) is 8.87. The molecule has 2 aromatic carbocycles. The van der Waals surface area contributed by atoms with E-state index in [4.69, 9.17) is 16.0 Å². The molecular formula is C26H21ClN6O4. The van der Waals surface area contributed by atoms with E-state index in [1.54, 1.807) is 61.7 Å². The molecule has 0 fully saturated rings. The smallest absolute Gasteiger partial charge is 0.322 e. The Hall–Kier alpha value is -4.57. The number of hydrogen-bond donors (Lipinski definition) is 2. The Labute approximate surface area is 216 Å². The molecule has 1 aliphatic rings. The lowest BCUT2D eigenvalue weighted by Crippen LogP contribution is -2.46. The molecule has 10 nitrogen and oxygen atoms in total. The molecule has 4 aromatic rings. The van der Waals surface area contributed by atoms with Gasteiger partial charge in [0.2, 0.25) is 11.8 Å². The normalized spacial score (nSPS) is 15.1. The van der Waals surface area contributed by atoms with Crippen molar-refractivity contribution in [3.05, 3.63) is 100 Å². The number of nitrogens with zero attached hydrogens (tertiary/aromatic N) is 4. The summed E-state index contributed by atoms with van der Waals surface area (Å²) in [5.74, 6) is -0.745. The quantitative estimate of drug-likeness (QED) is 0.397. The van der Waals surface area contributed by atoms with Crippen LogP contribution in [0.1, 0.15) is 37.9 Å². The average Bonchev–Trinajstić information content (AvgIpc) is 3.27. The minimum absolute atomic E-state index is 0.00360. The molecule has 0 aliphatic carbocycles. The summed E-state index contributed by atoms with van der Waals surface area (Å²) in [6, 6.07) is 16.1. The number of nitrogens with one attached hydrogen (secondary N) is 2. The summed E-state index contributed by atoms with van der Waals surface area (Å²) in [6.07, 6.45) is 1.87. The molecule has 37 heavy (non-hydrogen) atoms. The fraction of sp³-hybridized carbons (Fsp3) is 0.154. The predicted molar refractivity (Wildman–Crippen MR) is 135 cm³/mol. The molecule has 0 radical (unpaired) electrons. The summed E-state index contributed by atoms with van der Waals surface area (Å²) >= 11 is 6.12. The fourth-order valence-corrected chi connectivity index (χ4v) is 4.21. The third kappa shape index (κ3) is 5.34. The minimum atomic E-state index is -0.822. The van der Waals surface area contributed by atoms with Gasteiger partial charge in [-0.25, -0.2) is 0 Å². The van der Waals surface area contributed by atoms with E-state index in [1.807, 2.05) is 12.1 Å². The largest absolute Gasteiger partial charge is 0.408 e. The van der Waals surface area contributed by atoms with Crippen LogP contribution in [0.2, 0.25) is 5.02 Å². The van der Waals surface area contributed by atoms with E-state index < -0.39 is 11.9 Å². The minimum Gasteiger partial charge on any atom is -0.408 e. The lowest BCUT2D eigenvalue weighted by molar-refractivity contribution is -0.120. The zero-order valence-corrected chi connectivity index (χ0v) is 20.4. The zero-order valence-electron chi connectivity index (χ0n) is 19.6. The molecule has 0 unspecified atom stereocenters. The van der Waals surface area contributed by atoms with E-state index in [1.165, 1.54) is 4.90 Å². The highest BCUT2D eigenvalue weighted by Gasteiger charge is 2.36. The van der Waals surface area contributed by atoms with Gasteiger partial charge < -0.3 is 14.6 Å². The Kier molecular flexibility index (Phi) is 6.65. The van der Waals surface area contributed by atoms with E-state index in [2.05, 4.69) is 25.8 Å². The Morgan fingerprint density at radius 1 is 1.11 bits per heavy atom. The maximum atomic E-state index is 13.7. The fourth-order valence-electron chi connectivity index (χ4n) is 4.04. The summed E-state index contributed by atoms with van der Waals surface area (Å²) in [6.45, 7) is 1.76. The number of amides is 3. The maximum Gasteiger partial charge on any atom is 0.322 e. The van der Waals surface area contributed by atoms with Gasteiger partial charge in [0.1, 0.15) is 6.04 Å². The van der Waals surface area contributed by atoms with Gasteiger partial charge in [-0.2, -0.15) is 0 Å². The number of aryl methyl sites for hydroxylation is 1. The number of halogens is 1. The van der Waals surface area contributed by atoms with Crippen LogP contribution in [0.25, 0.3) is 0 Å². The van der Waals surface area contributed by atoms with Crippen LogP contribution >= 0.6 is 11.6 Å². The van der Waals surface area contributed by atoms with Crippen LogP contribution in [0.4, 0.5) is 11.7 Å². The maximum absolute atomic E-state index is 13.7. The lowest BCUT2D eigenvalue weighted by atomic mass is 10.0. The summed E-state index contributed by atoms with van der Waals surface area (Å²) < 4.78 is 5.18. The van der Waals surface area contributed by atoms with Crippen molar-refractivity contribution in [3.8, 4) is 0 Å². The highest BCUT2D eigenvalue weighted by atomic mass is 35.5. The first kappa shape index (κ1) is 24.1. The van der Waals surface area contributed by atoms with Crippen LogP contribution in [0.3, 0.4) is 0 Å². The monoisotopic (exact) mass is 516 g/mol. The zero-order chi connectivity index (χ0) is 25.9. The molecule has 186 valence electrons. The molecule has 0 bridgehead atoms. The predicted octanol–water partition coefficient (Wildman–Crippen LogP) is 3.88. The van der Waals surface area contributed by atoms with Crippen LogP contribution < -0.4 is 10.6 Å². The molecule has 1 aliphatic heterocycles. The Morgan fingerprint density at radius 2 is 1.92 bits per heavy atom. The van der Waals surface area contributed by atoms with Gasteiger partial charge in [-0.1, -0.05) is 34.9 Å². The van der Waals surface area contributed by atoms with Gasteiger partial charge in [0.05, 0.1) is 11.3 Å². The molecule has 5 rings (SSSR count). The topological polar surface area (TPSA) is 130 Å². The molecule has 2 N–H and O–H groups in total. The van der Waals surface area contributed by atoms with Crippen molar-refractivity contribution in [1.82, 2.24) is 20.1 Å². The molecule has 2 aromatic heterocycles. The van der Waals surface area contributed by atoms with Gasteiger partial charge in [-0.15, -0.1) is 5.10 Å². The van der Waals surface area contributed by atoms with Crippen LogP contribution in [0.15, 0.2) is 71.3 Å². The number of carbonyl (C=O) groups excluding carboxylic acids is 3. The molecule has 0 saturated carbocycles. The lowest BCUT2D eigenvalue weighted by Gasteiger charge is -2.28. The van der Waals surface area contributed by atoms with Crippen molar-refractivity contribution in [1.29, 1.82) is 0 Å². The van der Waals surface area contributed by atoms with Crippen molar-refractivity contribution in [2.75, 3.05) is 10.6 Å². The van der Waals surface area contributed by atoms with Gasteiger partial charge in [0.15, 0.2) is 0 Å². The summed E-state index contributed by atoms with van der Waals surface area (Å²) in [5.41, 5.74) is 2.47. The number of carbonyl (C=O) groups is 3. The number of rotatable bonds is 6. The molecule has 3 heterocycles. The molecule has 0 saturated heterocycles.